The molecule has 7 nitrogen and oxygen atoms in total. The monoisotopic (exact) mass is 420 g/mol. The Balaban J connectivity index is 1.52. The number of amides is 1. The molecule has 4 rings (SSSR count). The van der Waals surface area contributed by atoms with E-state index in [-0.39, 0.29) is 5.91 Å². The van der Waals surface area contributed by atoms with Gasteiger partial charge in [0, 0.05) is 29.4 Å². The zero-order valence-corrected chi connectivity index (χ0v) is 18.2. The first-order valence-electron chi connectivity index (χ1n) is 10.5. The zero-order chi connectivity index (χ0) is 21.8. The van der Waals surface area contributed by atoms with Gasteiger partial charge in [0.05, 0.1) is 19.9 Å². The van der Waals surface area contributed by atoms with Crippen LogP contribution in [-0.4, -0.2) is 48.3 Å². The van der Waals surface area contributed by atoms with Crippen LogP contribution in [0.3, 0.4) is 0 Å². The van der Waals surface area contributed by atoms with Crippen molar-refractivity contribution in [2.45, 2.75) is 26.3 Å². The van der Waals surface area contributed by atoms with E-state index in [1.807, 2.05) is 37.3 Å². The molecule has 1 aliphatic rings. The van der Waals surface area contributed by atoms with E-state index >= 15 is 0 Å². The molecule has 0 radical (unpaired) electrons. The number of hydrogen-bond donors (Lipinski definition) is 2. The third-order valence-corrected chi connectivity index (χ3v) is 5.69. The summed E-state index contributed by atoms with van der Waals surface area (Å²) in [7, 11) is 3.21. The second kappa shape index (κ2) is 9.22. The van der Waals surface area contributed by atoms with Crippen LogP contribution in [0.4, 0.5) is 5.69 Å². The molecule has 1 fully saturated rings. The van der Waals surface area contributed by atoms with Crippen molar-refractivity contribution < 1.29 is 14.3 Å². The summed E-state index contributed by atoms with van der Waals surface area (Å²) in [6, 6.07) is 13.6. The average molecular weight is 421 g/mol. The van der Waals surface area contributed by atoms with Gasteiger partial charge in [-0.05, 0) is 62.7 Å². The molecule has 7 heteroatoms. The Labute approximate surface area is 182 Å². The molecular weight excluding hydrogens is 392 g/mol. The van der Waals surface area contributed by atoms with Gasteiger partial charge in [0.15, 0.2) is 0 Å². The molecule has 0 saturated carbocycles. The van der Waals surface area contributed by atoms with Crippen molar-refractivity contribution in [3.8, 4) is 22.8 Å². The fraction of sp³-hybridized carbons (Fsp3) is 0.333. The summed E-state index contributed by atoms with van der Waals surface area (Å²) in [5.41, 5.74) is 4.63. The number of ether oxygens (including phenoxy) is 2. The minimum atomic E-state index is -0.220. The summed E-state index contributed by atoms with van der Waals surface area (Å²) in [4.78, 5) is 15.4. The quantitative estimate of drug-likeness (QED) is 0.597. The molecule has 1 amide bonds. The van der Waals surface area contributed by atoms with Crippen molar-refractivity contribution in [1.29, 1.82) is 0 Å². The van der Waals surface area contributed by atoms with Crippen molar-refractivity contribution in [1.82, 2.24) is 15.1 Å². The molecule has 1 aliphatic heterocycles. The summed E-state index contributed by atoms with van der Waals surface area (Å²) in [5.74, 6) is 1.11. The summed E-state index contributed by atoms with van der Waals surface area (Å²) in [6.07, 6.45) is 2.52. The number of H-pyrrole nitrogens is 1. The van der Waals surface area contributed by atoms with Crippen molar-refractivity contribution >= 4 is 11.6 Å². The number of carbonyl (C=O) groups excluding carboxylic acids is 1. The molecule has 2 heterocycles. The minimum Gasteiger partial charge on any atom is -0.497 e. The summed E-state index contributed by atoms with van der Waals surface area (Å²) in [5, 5.41) is 10.3. The highest BCUT2D eigenvalue weighted by Crippen LogP contribution is 2.34. The van der Waals surface area contributed by atoms with Crippen LogP contribution in [0.15, 0.2) is 42.5 Å². The number of methoxy groups -OCH3 is 2. The van der Waals surface area contributed by atoms with Gasteiger partial charge in [-0.25, -0.2) is 0 Å². The number of aromatic nitrogens is 2. The third-order valence-electron chi connectivity index (χ3n) is 5.69. The van der Waals surface area contributed by atoms with Crippen molar-refractivity contribution in [3.63, 3.8) is 0 Å². The molecule has 1 saturated heterocycles. The first-order chi connectivity index (χ1) is 15.1. The highest BCUT2D eigenvalue weighted by Gasteiger charge is 2.20. The predicted octanol–water partition coefficient (Wildman–Crippen LogP) is 4.25. The van der Waals surface area contributed by atoms with Crippen LogP contribution in [0.1, 0.15) is 34.5 Å². The van der Waals surface area contributed by atoms with Gasteiger partial charge in [0.1, 0.15) is 17.2 Å². The highest BCUT2D eigenvalue weighted by molar-refractivity contribution is 6.04. The molecule has 3 aromatic rings. The summed E-state index contributed by atoms with van der Waals surface area (Å²) < 4.78 is 10.8. The van der Waals surface area contributed by atoms with Gasteiger partial charge in [-0.3, -0.25) is 14.8 Å². The number of benzene rings is 2. The lowest BCUT2D eigenvalue weighted by atomic mass is 10.1. The van der Waals surface area contributed by atoms with Crippen LogP contribution in [0.25, 0.3) is 11.3 Å². The van der Waals surface area contributed by atoms with E-state index in [4.69, 9.17) is 9.47 Å². The number of aromatic amines is 1. The summed E-state index contributed by atoms with van der Waals surface area (Å²) in [6.45, 7) is 5.07. The summed E-state index contributed by atoms with van der Waals surface area (Å²) >= 11 is 0. The minimum absolute atomic E-state index is 0.220. The lowest BCUT2D eigenvalue weighted by Gasteiger charge is -2.15. The molecule has 0 spiro atoms. The van der Waals surface area contributed by atoms with Crippen molar-refractivity contribution in [2.75, 3.05) is 32.6 Å². The predicted molar refractivity (Wildman–Crippen MR) is 121 cm³/mol. The fourth-order valence-corrected chi connectivity index (χ4v) is 4.02. The van der Waals surface area contributed by atoms with Crippen LogP contribution in [0, 0.1) is 6.92 Å². The maximum Gasteiger partial charge on any atom is 0.273 e. The van der Waals surface area contributed by atoms with Gasteiger partial charge in [-0.1, -0.05) is 12.1 Å². The Morgan fingerprint density at radius 1 is 1.13 bits per heavy atom. The Morgan fingerprint density at radius 2 is 1.94 bits per heavy atom. The maximum absolute atomic E-state index is 12.9. The fourth-order valence-electron chi connectivity index (χ4n) is 4.02. The lowest BCUT2D eigenvalue weighted by molar-refractivity contribution is 0.102. The molecule has 31 heavy (non-hydrogen) atoms. The highest BCUT2D eigenvalue weighted by atomic mass is 16.5. The third kappa shape index (κ3) is 4.56. The molecule has 2 aromatic carbocycles. The van der Waals surface area contributed by atoms with E-state index in [9.17, 15) is 4.79 Å². The van der Waals surface area contributed by atoms with Gasteiger partial charge < -0.3 is 14.8 Å². The van der Waals surface area contributed by atoms with Crippen molar-refractivity contribution in [3.05, 3.63) is 59.3 Å². The molecule has 2 N–H and O–H groups in total. The van der Waals surface area contributed by atoms with E-state index in [1.165, 1.54) is 18.4 Å². The molecule has 1 aromatic heterocycles. The van der Waals surface area contributed by atoms with E-state index < -0.39 is 0 Å². The van der Waals surface area contributed by atoms with Gasteiger partial charge in [0.2, 0.25) is 0 Å². The number of nitrogens with one attached hydrogen (secondary N) is 2. The van der Waals surface area contributed by atoms with E-state index in [0.717, 1.165) is 36.4 Å². The molecule has 162 valence electrons. The number of carbonyl (C=O) groups is 1. The van der Waals surface area contributed by atoms with Crippen molar-refractivity contribution in [2.24, 2.45) is 0 Å². The van der Waals surface area contributed by atoms with Crippen LogP contribution in [0.2, 0.25) is 0 Å². The zero-order valence-electron chi connectivity index (χ0n) is 18.2. The van der Waals surface area contributed by atoms with Gasteiger partial charge in [-0.2, -0.15) is 5.10 Å². The first kappa shape index (κ1) is 20.9. The molecule has 0 bridgehead atoms. The number of anilines is 1. The second-order valence-corrected chi connectivity index (χ2v) is 7.78. The SMILES string of the molecule is COc1ccc(-c2n[nH]c(C(=O)Nc3cccc(CN4CCCC4)c3)c2C)c(OC)c1. The van der Waals surface area contributed by atoms with Gasteiger partial charge >= 0.3 is 0 Å². The van der Waals surface area contributed by atoms with Gasteiger partial charge in [-0.15, -0.1) is 0 Å². The first-order valence-corrected chi connectivity index (χ1v) is 10.5. The maximum atomic E-state index is 12.9. The van der Waals surface area contributed by atoms with Crippen LogP contribution in [0.5, 0.6) is 11.5 Å². The second-order valence-electron chi connectivity index (χ2n) is 7.78. The number of likely N-dealkylation sites (tertiary alicyclic amines) is 1. The Bertz CT molecular complexity index is 1070. The average Bonchev–Trinajstić information content (AvgIpc) is 3.43. The van der Waals surface area contributed by atoms with Crippen LogP contribution in [-0.2, 0) is 6.54 Å². The molecular formula is C24H28N4O3. The van der Waals surface area contributed by atoms with Crippen LogP contribution >= 0.6 is 0 Å². The Hall–Kier alpha value is -3.32. The molecule has 0 atom stereocenters. The number of hydrogen-bond acceptors (Lipinski definition) is 5. The van der Waals surface area contributed by atoms with E-state index in [1.54, 1.807) is 20.3 Å². The topological polar surface area (TPSA) is 79.5 Å². The smallest absolute Gasteiger partial charge is 0.273 e. The standard InChI is InChI=1S/C24H28N4O3/c1-16-22(20-10-9-19(30-2)14-21(20)31-3)26-27-23(16)24(29)25-18-8-6-7-17(13-18)15-28-11-4-5-12-28/h6-10,13-14H,4-5,11-12,15H2,1-3H3,(H,25,29)(H,26,27). The van der Waals surface area contributed by atoms with Gasteiger partial charge in [0.25, 0.3) is 5.91 Å². The van der Waals surface area contributed by atoms with E-state index in [2.05, 4.69) is 26.5 Å². The number of nitrogens with zero attached hydrogens (tertiary/aromatic N) is 2. The molecule has 0 unspecified atom stereocenters. The Kier molecular flexibility index (Phi) is 6.23. The number of rotatable bonds is 7. The Morgan fingerprint density at radius 3 is 2.68 bits per heavy atom. The lowest BCUT2D eigenvalue weighted by Crippen LogP contribution is -2.18. The van der Waals surface area contributed by atoms with E-state index in [0.29, 0.717) is 22.9 Å². The normalized spacial score (nSPS) is 13.9. The van der Waals surface area contributed by atoms with Crippen LogP contribution < -0.4 is 14.8 Å². The molecule has 0 aliphatic carbocycles. The largest absolute Gasteiger partial charge is 0.497 e.